The van der Waals surface area contributed by atoms with Crippen LogP contribution in [0.4, 0.5) is 13.2 Å². The highest BCUT2D eigenvalue weighted by Crippen LogP contribution is 2.30. The summed E-state index contributed by atoms with van der Waals surface area (Å²) in [6, 6.07) is 15.1. The molecule has 0 spiro atoms. The summed E-state index contributed by atoms with van der Waals surface area (Å²) >= 11 is 0. The van der Waals surface area contributed by atoms with Gasteiger partial charge in [0.25, 0.3) is 0 Å². The molecule has 1 fully saturated rings. The quantitative estimate of drug-likeness (QED) is 0.638. The second kappa shape index (κ2) is 11.0. The number of nitrogens with zero attached hydrogens (tertiary/aromatic N) is 3. The van der Waals surface area contributed by atoms with E-state index in [0.717, 1.165) is 30.2 Å². The molecule has 4 rings (SSSR count). The first-order valence-electron chi connectivity index (χ1n) is 11.9. The number of piperidine rings is 1. The normalized spacial score (nSPS) is 17.3. The molecule has 0 unspecified atom stereocenters. The van der Waals surface area contributed by atoms with E-state index in [9.17, 15) is 22.8 Å². The van der Waals surface area contributed by atoms with Crippen molar-refractivity contribution in [1.82, 2.24) is 15.2 Å². The maximum atomic E-state index is 12.9. The molecular formula is C26H29F3N4O2. The summed E-state index contributed by atoms with van der Waals surface area (Å²) in [5.74, 6) is -0.330. The zero-order valence-corrected chi connectivity index (χ0v) is 19.4. The van der Waals surface area contributed by atoms with Crippen molar-refractivity contribution in [2.24, 2.45) is 5.10 Å². The Morgan fingerprint density at radius 1 is 0.971 bits per heavy atom. The minimum Gasteiger partial charge on any atom is -0.353 e. The molecular weight excluding hydrogens is 457 g/mol. The van der Waals surface area contributed by atoms with Gasteiger partial charge in [0.05, 0.1) is 17.8 Å². The highest BCUT2D eigenvalue weighted by molar-refractivity contribution is 6.02. The van der Waals surface area contributed by atoms with Gasteiger partial charge in [-0.3, -0.25) is 14.5 Å². The third-order valence-electron chi connectivity index (χ3n) is 6.38. The van der Waals surface area contributed by atoms with Crippen LogP contribution in [-0.2, 0) is 22.3 Å². The monoisotopic (exact) mass is 486 g/mol. The molecule has 186 valence electrons. The molecule has 0 aromatic heterocycles. The lowest BCUT2D eigenvalue weighted by atomic mass is 10.0. The summed E-state index contributed by atoms with van der Waals surface area (Å²) in [6.07, 6.45) is -2.01. The van der Waals surface area contributed by atoms with Crippen molar-refractivity contribution >= 4 is 17.5 Å². The van der Waals surface area contributed by atoms with Crippen LogP contribution in [0.2, 0.25) is 0 Å². The number of hydrazone groups is 1. The number of likely N-dealkylation sites (tertiary alicyclic amines) is 1. The Morgan fingerprint density at radius 3 is 2.43 bits per heavy atom. The topological polar surface area (TPSA) is 65.0 Å². The smallest absolute Gasteiger partial charge is 0.353 e. The Balaban J connectivity index is 1.17. The number of hydrogen-bond donors (Lipinski definition) is 1. The molecule has 2 amide bonds. The van der Waals surface area contributed by atoms with Crippen molar-refractivity contribution in [3.05, 3.63) is 71.3 Å². The van der Waals surface area contributed by atoms with E-state index in [-0.39, 0.29) is 30.7 Å². The van der Waals surface area contributed by atoms with Gasteiger partial charge in [0.15, 0.2) is 0 Å². The average Bonchev–Trinajstić information content (AvgIpc) is 3.35. The number of rotatable bonds is 7. The number of nitrogens with one attached hydrogen (secondary N) is 1. The van der Waals surface area contributed by atoms with Gasteiger partial charge in [-0.1, -0.05) is 48.5 Å². The third kappa shape index (κ3) is 6.91. The first-order chi connectivity index (χ1) is 16.8. The Hall–Kier alpha value is -3.20. The molecule has 2 heterocycles. The van der Waals surface area contributed by atoms with Gasteiger partial charge in [0.2, 0.25) is 11.8 Å². The molecule has 0 saturated carbocycles. The number of hydrogen-bond acceptors (Lipinski definition) is 4. The lowest BCUT2D eigenvalue weighted by Gasteiger charge is -2.32. The lowest BCUT2D eigenvalue weighted by molar-refractivity contribution is -0.137. The number of alkyl halides is 3. The fourth-order valence-corrected chi connectivity index (χ4v) is 4.46. The Kier molecular flexibility index (Phi) is 7.85. The average molecular weight is 487 g/mol. The standard InChI is InChI=1S/C26H29F3N4O2/c27-26(28,29)21-8-4-5-19(17-21)18-32-14-11-22(12-15-32)30-24(34)9-10-25(35)33-16-13-23(31-33)20-6-2-1-3-7-20/h1-8,17,22H,9-16,18H2,(H,30,34). The zero-order valence-electron chi connectivity index (χ0n) is 19.4. The van der Waals surface area contributed by atoms with Gasteiger partial charge in [-0.25, -0.2) is 5.01 Å². The van der Waals surface area contributed by atoms with E-state index in [4.69, 9.17) is 0 Å². The molecule has 1 N–H and O–H groups in total. The van der Waals surface area contributed by atoms with E-state index < -0.39 is 11.7 Å². The first-order valence-corrected chi connectivity index (χ1v) is 11.9. The van der Waals surface area contributed by atoms with Crippen molar-refractivity contribution in [2.45, 2.75) is 50.9 Å². The molecule has 2 aromatic carbocycles. The molecule has 2 aliphatic heterocycles. The van der Waals surface area contributed by atoms with Crippen LogP contribution in [0.3, 0.4) is 0 Å². The number of amides is 2. The minimum absolute atomic E-state index is 0.00449. The van der Waals surface area contributed by atoms with Gasteiger partial charge in [-0.05, 0) is 30.0 Å². The van der Waals surface area contributed by atoms with Crippen molar-refractivity contribution in [3.8, 4) is 0 Å². The number of halogens is 3. The minimum atomic E-state index is -4.35. The third-order valence-corrected chi connectivity index (χ3v) is 6.38. The fourth-order valence-electron chi connectivity index (χ4n) is 4.46. The van der Waals surface area contributed by atoms with Gasteiger partial charge in [-0.15, -0.1) is 0 Å². The molecule has 9 heteroatoms. The summed E-state index contributed by atoms with van der Waals surface area (Å²) in [4.78, 5) is 27.0. The van der Waals surface area contributed by atoms with E-state index in [0.29, 0.717) is 38.2 Å². The van der Waals surface area contributed by atoms with Crippen LogP contribution in [0.25, 0.3) is 0 Å². The summed E-state index contributed by atoms with van der Waals surface area (Å²) in [7, 11) is 0. The second-order valence-electron chi connectivity index (χ2n) is 9.00. The van der Waals surface area contributed by atoms with Crippen LogP contribution in [0, 0.1) is 0 Å². The Bertz CT molecular complexity index is 1060. The van der Waals surface area contributed by atoms with E-state index in [1.165, 1.54) is 17.1 Å². The molecule has 0 atom stereocenters. The van der Waals surface area contributed by atoms with Crippen LogP contribution < -0.4 is 5.32 Å². The fraction of sp³-hybridized carbons (Fsp3) is 0.423. The van der Waals surface area contributed by atoms with Gasteiger partial charge in [0, 0.05) is 44.9 Å². The van der Waals surface area contributed by atoms with Gasteiger partial charge in [0.1, 0.15) is 0 Å². The number of carbonyl (C=O) groups excluding carboxylic acids is 2. The van der Waals surface area contributed by atoms with Crippen LogP contribution in [0.1, 0.15) is 48.8 Å². The summed E-state index contributed by atoms with van der Waals surface area (Å²) in [5, 5.41) is 8.85. The van der Waals surface area contributed by atoms with E-state index in [1.807, 2.05) is 30.3 Å². The Morgan fingerprint density at radius 2 is 1.71 bits per heavy atom. The van der Waals surface area contributed by atoms with Gasteiger partial charge in [-0.2, -0.15) is 18.3 Å². The summed E-state index contributed by atoms with van der Waals surface area (Å²) in [5.41, 5.74) is 1.86. The van der Waals surface area contributed by atoms with E-state index in [2.05, 4.69) is 15.3 Å². The van der Waals surface area contributed by atoms with Crippen molar-refractivity contribution in [1.29, 1.82) is 0 Å². The molecule has 0 aliphatic carbocycles. The zero-order chi connectivity index (χ0) is 24.8. The highest BCUT2D eigenvalue weighted by atomic mass is 19.4. The molecule has 2 aromatic rings. The van der Waals surface area contributed by atoms with Crippen LogP contribution in [-0.4, -0.2) is 53.1 Å². The number of benzene rings is 2. The van der Waals surface area contributed by atoms with Crippen molar-refractivity contribution < 1.29 is 22.8 Å². The largest absolute Gasteiger partial charge is 0.416 e. The van der Waals surface area contributed by atoms with E-state index in [1.54, 1.807) is 6.07 Å². The molecule has 0 bridgehead atoms. The lowest BCUT2D eigenvalue weighted by Crippen LogP contribution is -2.44. The predicted molar refractivity (Wildman–Crippen MR) is 126 cm³/mol. The molecule has 2 aliphatic rings. The van der Waals surface area contributed by atoms with Crippen molar-refractivity contribution in [2.75, 3.05) is 19.6 Å². The van der Waals surface area contributed by atoms with Crippen LogP contribution in [0.5, 0.6) is 0 Å². The van der Waals surface area contributed by atoms with Crippen molar-refractivity contribution in [3.63, 3.8) is 0 Å². The molecule has 1 saturated heterocycles. The second-order valence-corrected chi connectivity index (χ2v) is 9.00. The predicted octanol–water partition coefficient (Wildman–Crippen LogP) is 4.20. The highest BCUT2D eigenvalue weighted by Gasteiger charge is 2.30. The number of carbonyl (C=O) groups is 2. The summed E-state index contributed by atoms with van der Waals surface area (Å²) in [6.45, 7) is 2.34. The van der Waals surface area contributed by atoms with Gasteiger partial charge >= 0.3 is 6.18 Å². The van der Waals surface area contributed by atoms with Gasteiger partial charge < -0.3 is 5.32 Å². The molecule has 0 radical (unpaired) electrons. The maximum absolute atomic E-state index is 12.9. The van der Waals surface area contributed by atoms with E-state index >= 15 is 0 Å². The maximum Gasteiger partial charge on any atom is 0.416 e. The molecule has 35 heavy (non-hydrogen) atoms. The molecule has 6 nitrogen and oxygen atoms in total. The van der Waals surface area contributed by atoms with Crippen LogP contribution >= 0.6 is 0 Å². The summed E-state index contributed by atoms with van der Waals surface area (Å²) < 4.78 is 38.8. The SMILES string of the molecule is O=C(CCC(=O)N1CCC(c2ccccc2)=N1)NC1CCN(Cc2cccc(C(F)(F)F)c2)CC1. The Labute approximate surface area is 202 Å². The van der Waals surface area contributed by atoms with Crippen LogP contribution in [0.15, 0.2) is 59.7 Å². The first kappa shape index (κ1) is 24.9.